The normalized spacial score (nSPS) is 28.5. The van der Waals surface area contributed by atoms with Crippen LogP contribution in [0.2, 0.25) is 0 Å². The quantitative estimate of drug-likeness (QED) is 0.714. The van der Waals surface area contributed by atoms with E-state index in [1.165, 1.54) is 17.1 Å². The standard InChI is InChI=1S/C12H16N4O3/c17-11(18)6-16-5-8(4-13-16)15-12(19)9-3-7-1-2-10(9)14-7/h4-5,7,9-10,14H,1-3,6H2,(H,15,19)(H,17,18). The molecule has 0 spiro atoms. The predicted octanol–water partition coefficient (Wildman–Crippen LogP) is 0.0467. The van der Waals surface area contributed by atoms with E-state index in [-0.39, 0.29) is 18.4 Å². The number of aliphatic carboxylic acids is 1. The van der Waals surface area contributed by atoms with Crippen molar-refractivity contribution in [1.82, 2.24) is 15.1 Å². The second-order valence-electron chi connectivity index (χ2n) is 5.20. The van der Waals surface area contributed by atoms with Gasteiger partial charge in [0.2, 0.25) is 5.91 Å². The van der Waals surface area contributed by atoms with Crippen LogP contribution in [0.25, 0.3) is 0 Å². The summed E-state index contributed by atoms with van der Waals surface area (Å²) in [7, 11) is 0. The van der Waals surface area contributed by atoms with E-state index in [4.69, 9.17) is 5.11 Å². The highest BCUT2D eigenvalue weighted by molar-refractivity contribution is 5.93. The van der Waals surface area contributed by atoms with Gasteiger partial charge in [-0.2, -0.15) is 5.10 Å². The third-order valence-electron chi connectivity index (χ3n) is 3.83. The van der Waals surface area contributed by atoms with Crippen LogP contribution in [0.15, 0.2) is 12.4 Å². The lowest BCUT2D eigenvalue weighted by molar-refractivity contribution is -0.137. The number of nitrogens with zero attached hydrogens (tertiary/aromatic N) is 2. The summed E-state index contributed by atoms with van der Waals surface area (Å²) in [5, 5.41) is 18.8. The minimum atomic E-state index is -0.960. The summed E-state index contributed by atoms with van der Waals surface area (Å²) in [6.07, 6.45) is 6.11. The van der Waals surface area contributed by atoms with Gasteiger partial charge >= 0.3 is 5.97 Å². The molecule has 1 aromatic heterocycles. The number of hydrogen-bond acceptors (Lipinski definition) is 4. The Bertz CT molecular complexity index is 513. The zero-order valence-electron chi connectivity index (χ0n) is 10.4. The summed E-state index contributed by atoms with van der Waals surface area (Å²) >= 11 is 0. The number of carboxylic acids is 1. The van der Waals surface area contributed by atoms with E-state index in [1.807, 2.05) is 0 Å². The molecular weight excluding hydrogens is 248 g/mol. The van der Waals surface area contributed by atoms with E-state index in [0.717, 1.165) is 19.3 Å². The number of carbonyl (C=O) groups excluding carboxylic acids is 1. The molecule has 1 amide bonds. The molecule has 0 radical (unpaired) electrons. The van der Waals surface area contributed by atoms with Crippen molar-refractivity contribution in [3.05, 3.63) is 12.4 Å². The molecule has 2 aliphatic rings. The average Bonchev–Trinajstić information content (AvgIpc) is 3.04. The van der Waals surface area contributed by atoms with Crippen molar-refractivity contribution in [1.29, 1.82) is 0 Å². The Morgan fingerprint density at radius 1 is 1.53 bits per heavy atom. The molecule has 7 heteroatoms. The van der Waals surface area contributed by atoms with Crippen LogP contribution in [0.5, 0.6) is 0 Å². The highest BCUT2D eigenvalue weighted by Crippen LogP contribution is 2.33. The summed E-state index contributed by atoms with van der Waals surface area (Å²) in [6.45, 7) is -0.203. The minimum Gasteiger partial charge on any atom is -0.480 e. The molecule has 3 rings (SSSR count). The summed E-state index contributed by atoms with van der Waals surface area (Å²) in [4.78, 5) is 22.7. The molecule has 3 heterocycles. The van der Waals surface area contributed by atoms with Gasteiger partial charge in [0.05, 0.1) is 17.8 Å². The molecule has 3 N–H and O–H groups in total. The molecule has 0 aliphatic carbocycles. The number of amides is 1. The van der Waals surface area contributed by atoms with Gasteiger partial charge in [-0.05, 0) is 19.3 Å². The van der Waals surface area contributed by atoms with Crippen molar-refractivity contribution in [3.63, 3.8) is 0 Å². The molecule has 7 nitrogen and oxygen atoms in total. The zero-order chi connectivity index (χ0) is 13.4. The number of carboxylic acid groups (broad SMARTS) is 1. The highest BCUT2D eigenvalue weighted by Gasteiger charge is 2.42. The van der Waals surface area contributed by atoms with Gasteiger partial charge in [0.1, 0.15) is 6.54 Å². The van der Waals surface area contributed by atoms with Gasteiger partial charge in [0.15, 0.2) is 0 Å². The fraction of sp³-hybridized carbons (Fsp3) is 0.583. The van der Waals surface area contributed by atoms with Gasteiger partial charge in [-0.25, -0.2) is 0 Å². The Balaban J connectivity index is 1.60. The molecular formula is C12H16N4O3. The Morgan fingerprint density at radius 3 is 3.00 bits per heavy atom. The molecule has 2 bridgehead atoms. The van der Waals surface area contributed by atoms with Crippen LogP contribution >= 0.6 is 0 Å². The number of fused-ring (bicyclic) bond motifs is 2. The van der Waals surface area contributed by atoms with E-state index in [1.54, 1.807) is 0 Å². The molecule has 0 aromatic carbocycles. The Morgan fingerprint density at radius 2 is 2.37 bits per heavy atom. The van der Waals surface area contributed by atoms with Crippen LogP contribution in [0.3, 0.4) is 0 Å². The lowest BCUT2D eigenvalue weighted by Gasteiger charge is -2.18. The molecule has 2 saturated heterocycles. The molecule has 102 valence electrons. The summed E-state index contributed by atoms with van der Waals surface area (Å²) in [5.74, 6) is -0.950. The number of aromatic nitrogens is 2. The second kappa shape index (κ2) is 4.65. The molecule has 0 saturated carbocycles. The largest absolute Gasteiger partial charge is 0.480 e. The van der Waals surface area contributed by atoms with Crippen LogP contribution in [-0.2, 0) is 16.1 Å². The van der Waals surface area contributed by atoms with Crippen molar-refractivity contribution in [2.24, 2.45) is 5.92 Å². The smallest absolute Gasteiger partial charge is 0.325 e. The number of hydrogen-bond donors (Lipinski definition) is 3. The van der Waals surface area contributed by atoms with Crippen LogP contribution in [0.1, 0.15) is 19.3 Å². The molecule has 3 atom stereocenters. The lowest BCUT2D eigenvalue weighted by Crippen LogP contribution is -2.32. The third kappa shape index (κ3) is 2.46. The first-order valence-electron chi connectivity index (χ1n) is 6.43. The van der Waals surface area contributed by atoms with Crippen LogP contribution in [0, 0.1) is 5.92 Å². The number of anilines is 1. The predicted molar refractivity (Wildman–Crippen MR) is 66.5 cm³/mol. The maximum atomic E-state index is 12.1. The van der Waals surface area contributed by atoms with Crippen molar-refractivity contribution in [3.8, 4) is 0 Å². The van der Waals surface area contributed by atoms with Gasteiger partial charge in [-0.15, -0.1) is 0 Å². The highest BCUT2D eigenvalue weighted by atomic mass is 16.4. The zero-order valence-corrected chi connectivity index (χ0v) is 10.4. The van der Waals surface area contributed by atoms with E-state index < -0.39 is 5.97 Å². The fourth-order valence-electron chi connectivity index (χ4n) is 3.00. The van der Waals surface area contributed by atoms with E-state index in [9.17, 15) is 9.59 Å². The SMILES string of the molecule is O=C(O)Cn1cc(NC(=O)C2CC3CCC2N3)cn1. The maximum Gasteiger partial charge on any atom is 0.325 e. The lowest BCUT2D eigenvalue weighted by atomic mass is 9.88. The monoisotopic (exact) mass is 264 g/mol. The van der Waals surface area contributed by atoms with Gasteiger partial charge in [0, 0.05) is 18.3 Å². The van der Waals surface area contributed by atoms with Crippen LogP contribution in [-0.4, -0.2) is 38.8 Å². The molecule has 19 heavy (non-hydrogen) atoms. The summed E-state index contributed by atoms with van der Waals surface area (Å²) in [6, 6.07) is 0.773. The van der Waals surface area contributed by atoms with E-state index in [2.05, 4.69) is 15.7 Å². The maximum absolute atomic E-state index is 12.1. The van der Waals surface area contributed by atoms with Crippen molar-refractivity contribution < 1.29 is 14.7 Å². The Kier molecular flexibility index (Phi) is 2.98. The first-order valence-corrected chi connectivity index (χ1v) is 6.43. The average molecular weight is 264 g/mol. The minimum absolute atomic E-state index is 0.00502. The molecule has 1 aromatic rings. The Hall–Kier alpha value is -1.89. The van der Waals surface area contributed by atoms with Crippen molar-refractivity contribution in [2.75, 3.05) is 5.32 Å². The molecule has 2 fully saturated rings. The van der Waals surface area contributed by atoms with Gasteiger partial charge in [-0.1, -0.05) is 0 Å². The number of carbonyl (C=O) groups is 2. The third-order valence-corrected chi connectivity index (χ3v) is 3.83. The van der Waals surface area contributed by atoms with Gasteiger partial charge in [-0.3, -0.25) is 14.3 Å². The van der Waals surface area contributed by atoms with Crippen molar-refractivity contribution in [2.45, 2.75) is 37.9 Å². The second-order valence-corrected chi connectivity index (χ2v) is 5.20. The Labute approximate surface area is 110 Å². The number of nitrogens with one attached hydrogen (secondary N) is 2. The molecule has 3 unspecified atom stereocenters. The van der Waals surface area contributed by atoms with Crippen molar-refractivity contribution >= 4 is 17.6 Å². The summed E-state index contributed by atoms with van der Waals surface area (Å²) in [5.41, 5.74) is 0.550. The topological polar surface area (TPSA) is 96.2 Å². The van der Waals surface area contributed by atoms with Gasteiger partial charge in [0.25, 0.3) is 0 Å². The van der Waals surface area contributed by atoms with Gasteiger partial charge < -0.3 is 15.7 Å². The van der Waals surface area contributed by atoms with E-state index in [0.29, 0.717) is 17.8 Å². The van der Waals surface area contributed by atoms with Crippen LogP contribution in [0.4, 0.5) is 5.69 Å². The van der Waals surface area contributed by atoms with E-state index >= 15 is 0 Å². The fourth-order valence-corrected chi connectivity index (χ4v) is 3.00. The number of rotatable bonds is 4. The first-order chi connectivity index (χ1) is 9.11. The first kappa shape index (κ1) is 12.2. The summed E-state index contributed by atoms with van der Waals surface area (Å²) < 4.78 is 1.29. The molecule has 2 aliphatic heterocycles. The van der Waals surface area contributed by atoms with Crippen LogP contribution < -0.4 is 10.6 Å².